The standard InChI is InChI=1S/C53H57F3N4O14/c1-5-8-11-20-38(42(6-2)60(33-61)74-51(66)40-24-22-37(68-4)28-46(40)73-53(54,55)56)48(63)57-32-58-50(65)44-26-25-43(72-44)36-21-23-39(45(27-36)69-7-3)49(64)59-41(52(67)71-31-35-18-14-10-15-19-35)29-47(62)70-30-34-16-12-9-13-17-34/h9-10,12-19,21-28,33,38,41-42H,5-8,11,20,29-32H2,1-4H3,(H,57,63)(H,58,65)(H,59,64)/t38-,41+,42-/m1/s1. The molecule has 0 aliphatic heterocycles. The number of esters is 2. The molecule has 4 amide bonds. The third-order valence-electron chi connectivity index (χ3n) is 11.2. The number of rotatable bonds is 28. The fourth-order valence-electron chi connectivity index (χ4n) is 7.48. The van der Waals surface area contributed by atoms with Crippen LogP contribution in [0, 0.1) is 5.92 Å². The average Bonchev–Trinajstić information content (AvgIpc) is 3.90. The highest BCUT2D eigenvalue weighted by Gasteiger charge is 2.37. The number of nitrogens with one attached hydrogen (secondary N) is 3. The van der Waals surface area contributed by atoms with Gasteiger partial charge < -0.3 is 48.9 Å². The summed E-state index contributed by atoms with van der Waals surface area (Å²) in [6.07, 6.45) is -3.31. The fraction of sp³-hybridized carbons (Fsp3) is 0.340. The third-order valence-corrected chi connectivity index (χ3v) is 11.2. The number of carbonyl (C=O) groups is 7. The lowest BCUT2D eigenvalue weighted by atomic mass is 9.90. The molecule has 1 heterocycles. The second-order valence-electron chi connectivity index (χ2n) is 16.3. The number of nitrogens with zero attached hydrogens (tertiary/aromatic N) is 1. The molecule has 394 valence electrons. The molecule has 0 aliphatic carbocycles. The smallest absolute Gasteiger partial charge is 0.497 e. The Balaban J connectivity index is 1.24. The van der Waals surface area contributed by atoms with Crippen LogP contribution in [-0.4, -0.2) is 85.9 Å². The second kappa shape index (κ2) is 28.0. The van der Waals surface area contributed by atoms with Crippen molar-refractivity contribution in [1.29, 1.82) is 0 Å². The second-order valence-corrected chi connectivity index (χ2v) is 16.3. The Labute approximate surface area is 424 Å². The van der Waals surface area contributed by atoms with E-state index in [1.165, 1.54) is 43.5 Å². The number of hydrogen-bond acceptors (Lipinski definition) is 14. The molecule has 0 saturated carbocycles. The molecule has 0 bridgehead atoms. The third kappa shape index (κ3) is 16.9. The monoisotopic (exact) mass is 1030 g/mol. The summed E-state index contributed by atoms with van der Waals surface area (Å²) in [5.74, 6) is -7.03. The van der Waals surface area contributed by atoms with Gasteiger partial charge in [0.25, 0.3) is 11.8 Å². The van der Waals surface area contributed by atoms with Crippen molar-refractivity contribution in [3.05, 3.63) is 137 Å². The summed E-state index contributed by atoms with van der Waals surface area (Å²) in [6, 6.07) is 25.5. The van der Waals surface area contributed by atoms with E-state index < -0.39 is 84.4 Å². The lowest BCUT2D eigenvalue weighted by Crippen LogP contribution is -2.49. The first kappa shape index (κ1) is 56.6. The number of furan rings is 1. The minimum absolute atomic E-state index is 0.00372. The molecule has 0 saturated heterocycles. The number of hydroxylamine groups is 2. The molecule has 3 N–H and O–H groups in total. The Kier molecular flexibility index (Phi) is 21.4. The van der Waals surface area contributed by atoms with Crippen LogP contribution in [0.3, 0.4) is 0 Å². The molecule has 0 unspecified atom stereocenters. The maximum Gasteiger partial charge on any atom is 0.573 e. The highest BCUT2D eigenvalue weighted by Crippen LogP contribution is 2.33. The number of methoxy groups -OCH3 is 1. The van der Waals surface area contributed by atoms with E-state index >= 15 is 0 Å². The molecule has 1 aromatic heterocycles. The zero-order valence-corrected chi connectivity index (χ0v) is 41.1. The Morgan fingerprint density at radius 1 is 0.757 bits per heavy atom. The van der Waals surface area contributed by atoms with Crippen molar-refractivity contribution in [2.45, 2.75) is 91.0 Å². The number of alkyl halides is 3. The Morgan fingerprint density at radius 3 is 2.05 bits per heavy atom. The minimum Gasteiger partial charge on any atom is -0.497 e. The molecule has 3 atom stereocenters. The van der Waals surface area contributed by atoms with Crippen molar-refractivity contribution in [3.8, 4) is 28.6 Å². The highest BCUT2D eigenvalue weighted by molar-refractivity contribution is 6.00. The van der Waals surface area contributed by atoms with Crippen LogP contribution >= 0.6 is 0 Å². The first-order chi connectivity index (χ1) is 35.6. The van der Waals surface area contributed by atoms with E-state index in [9.17, 15) is 46.7 Å². The van der Waals surface area contributed by atoms with E-state index in [-0.39, 0.29) is 67.7 Å². The molecule has 0 spiro atoms. The van der Waals surface area contributed by atoms with Crippen molar-refractivity contribution in [1.82, 2.24) is 21.0 Å². The van der Waals surface area contributed by atoms with E-state index in [1.54, 1.807) is 68.4 Å². The van der Waals surface area contributed by atoms with Crippen molar-refractivity contribution < 1.29 is 79.7 Å². The van der Waals surface area contributed by atoms with Gasteiger partial charge in [-0.3, -0.25) is 24.0 Å². The summed E-state index contributed by atoms with van der Waals surface area (Å²) in [5.41, 5.74) is 1.13. The topological polar surface area (TPSA) is 227 Å². The predicted octanol–water partition coefficient (Wildman–Crippen LogP) is 8.24. The van der Waals surface area contributed by atoms with Crippen molar-refractivity contribution >= 4 is 42.0 Å². The van der Waals surface area contributed by atoms with Gasteiger partial charge in [0.1, 0.15) is 47.8 Å². The van der Waals surface area contributed by atoms with Crippen LogP contribution in [0.15, 0.2) is 114 Å². The Hall–Kier alpha value is -8.36. The SMILES string of the molecule is CCCCC[C@@H](C(=O)NCNC(=O)c1ccc(-c2ccc(C(=O)N[C@@H](CC(=O)OCc3ccccc3)C(=O)OCc3ccccc3)c(OCC)c2)o1)[C@@H](CC)N(C=O)OC(=O)c1ccc(OC)cc1OC(F)(F)F. The lowest BCUT2D eigenvalue weighted by molar-refractivity contribution is -0.274. The number of amides is 4. The van der Waals surface area contributed by atoms with E-state index in [0.717, 1.165) is 24.1 Å². The molecule has 18 nitrogen and oxygen atoms in total. The van der Waals surface area contributed by atoms with E-state index in [2.05, 4.69) is 20.7 Å². The normalized spacial score (nSPS) is 12.2. The predicted molar refractivity (Wildman–Crippen MR) is 259 cm³/mol. The Bertz CT molecular complexity index is 2680. The zero-order chi connectivity index (χ0) is 53.6. The summed E-state index contributed by atoms with van der Waals surface area (Å²) in [5, 5.41) is 8.31. The van der Waals surface area contributed by atoms with Gasteiger partial charge in [-0.2, -0.15) is 5.06 Å². The van der Waals surface area contributed by atoms with Crippen molar-refractivity contribution in [2.75, 3.05) is 20.4 Å². The molecular formula is C53H57F3N4O14. The molecule has 5 rings (SSSR count). The molecular weight excluding hydrogens is 974 g/mol. The summed E-state index contributed by atoms with van der Waals surface area (Å²) in [7, 11) is 1.20. The molecule has 74 heavy (non-hydrogen) atoms. The number of carbonyl (C=O) groups excluding carboxylic acids is 7. The largest absolute Gasteiger partial charge is 0.573 e. The van der Waals surface area contributed by atoms with Crippen LogP contribution in [0.1, 0.15) is 102 Å². The van der Waals surface area contributed by atoms with Crippen LogP contribution < -0.4 is 30.2 Å². The number of hydrogen-bond donors (Lipinski definition) is 3. The van der Waals surface area contributed by atoms with Gasteiger partial charge in [0, 0.05) is 11.6 Å². The van der Waals surface area contributed by atoms with Crippen LogP contribution in [0.4, 0.5) is 13.2 Å². The Morgan fingerprint density at radius 2 is 1.43 bits per heavy atom. The summed E-state index contributed by atoms with van der Waals surface area (Å²) >= 11 is 0. The molecule has 5 aromatic rings. The van der Waals surface area contributed by atoms with Crippen LogP contribution in [0.5, 0.6) is 17.2 Å². The average molecular weight is 1030 g/mol. The van der Waals surface area contributed by atoms with Gasteiger partial charge in [0.15, 0.2) is 5.76 Å². The van der Waals surface area contributed by atoms with Gasteiger partial charge in [-0.15, -0.1) is 13.2 Å². The molecule has 4 aromatic carbocycles. The van der Waals surface area contributed by atoms with E-state index in [4.69, 9.17) is 28.2 Å². The van der Waals surface area contributed by atoms with Crippen LogP contribution in [0.25, 0.3) is 11.3 Å². The summed E-state index contributed by atoms with van der Waals surface area (Å²) < 4.78 is 71.2. The molecule has 0 radical (unpaired) electrons. The number of benzene rings is 4. The van der Waals surface area contributed by atoms with Crippen molar-refractivity contribution in [3.63, 3.8) is 0 Å². The van der Waals surface area contributed by atoms with Gasteiger partial charge in [-0.25, -0.2) is 9.59 Å². The lowest BCUT2D eigenvalue weighted by Gasteiger charge is -2.32. The maximum absolute atomic E-state index is 13.8. The van der Waals surface area contributed by atoms with Crippen LogP contribution in [-0.2, 0) is 46.7 Å². The number of ether oxygens (including phenoxy) is 5. The quantitative estimate of drug-likeness (QED) is 0.0141. The number of halogens is 3. The molecule has 0 fully saturated rings. The van der Waals surface area contributed by atoms with Crippen molar-refractivity contribution in [2.24, 2.45) is 5.92 Å². The van der Waals surface area contributed by atoms with E-state index in [0.29, 0.717) is 29.0 Å². The van der Waals surface area contributed by atoms with Crippen LogP contribution in [0.2, 0.25) is 0 Å². The zero-order valence-electron chi connectivity index (χ0n) is 41.1. The number of unbranched alkanes of at least 4 members (excludes halogenated alkanes) is 2. The van der Waals surface area contributed by atoms with Gasteiger partial charge in [0.2, 0.25) is 12.3 Å². The van der Waals surface area contributed by atoms with Gasteiger partial charge in [-0.1, -0.05) is 99.8 Å². The maximum atomic E-state index is 13.8. The minimum atomic E-state index is -5.18. The van der Waals surface area contributed by atoms with Gasteiger partial charge >= 0.3 is 24.3 Å². The molecule has 21 heteroatoms. The molecule has 0 aliphatic rings. The van der Waals surface area contributed by atoms with E-state index in [1.807, 2.05) is 13.0 Å². The highest BCUT2D eigenvalue weighted by atomic mass is 19.4. The first-order valence-corrected chi connectivity index (χ1v) is 23.6. The summed E-state index contributed by atoms with van der Waals surface area (Å²) in [4.78, 5) is 98.1. The first-order valence-electron chi connectivity index (χ1n) is 23.6. The fourth-order valence-corrected chi connectivity index (χ4v) is 7.48. The van der Waals surface area contributed by atoms with Gasteiger partial charge in [-0.05, 0) is 67.3 Å². The summed E-state index contributed by atoms with van der Waals surface area (Å²) in [6.45, 7) is 4.79. The van der Waals surface area contributed by atoms with Gasteiger partial charge in [0.05, 0.1) is 44.3 Å².